The van der Waals surface area contributed by atoms with Gasteiger partial charge in [-0.15, -0.1) is 0 Å². The van der Waals surface area contributed by atoms with Crippen LogP contribution in [0.5, 0.6) is 0 Å². The second-order valence-corrected chi connectivity index (χ2v) is 10.3. The van der Waals surface area contributed by atoms with Crippen LogP contribution in [0.2, 0.25) is 5.02 Å². The van der Waals surface area contributed by atoms with Gasteiger partial charge in [0.2, 0.25) is 0 Å². The van der Waals surface area contributed by atoms with Crippen molar-refractivity contribution >= 4 is 28.6 Å². The van der Waals surface area contributed by atoms with Crippen molar-refractivity contribution in [1.29, 1.82) is 0 Å². The van der Waals surface area contributed by atoms with Crippen molar-refractivity contribution in [2.45, 2.75) is 51.3 Å². The van der Waals surface area contributed by atoms with Gasteiger partial charge < -0.3 is 15.4 Å². The number of benzene rings is 1. The Bertz CT molecular complexity index is 1080. The fourth-order valence-electron chi connectivity index (χ4n) is 4.76. The van der Waals surface area contributed by atoms with Gasteiger partial charge in [0.15, 0.2) is 0 Å². The topological polar surface area (TPSA) is 90.4 Å². The molecule has 5 rings (SSSR count). The molecule has 2 N–H and O–H groups in total. The van der Waals surface area contributed by atoms with Crippen molar-refractivity contribution in [3.8, 4) is 0 Å². The molecule has 3 fully saturated rings. The number of piperidine rings is 1. The molecule has 4 atom stereocenters. The highest BCUT2D eigenvalue weighted by Crippen LogP contribution is 2.56. The molecule has 1 saturated heterocycles. The minimum atomic E-state index is -0.524. The number of halogens is 1. The van der Waals surface area contributed by atoms with E-state index in [1.807, 2.05) is 26.8 Å². The van der Waals surface area contributed by atoms with Crippen molar-refractivity contribution < 1.29 is 9.53 Å². The van der Waals surface area contributed by atoms with Gasteiger partial charge >= 0.3 is 6.09 Å². The third-order valence-corrected chi connectivity index (χ3v) is 6.75. The van der Waals surface area contributed by atoms with Crippen molar-refractivity contribution in [2.24, 2.45) is 23.5 Å². The number of nitrogens with two attached hydrogens (primary N) is 1. The van der Waals surface area contributed by atoms with E-state index in [1.165, 1.54) is 0 Å². The summed E-state index contributed by atoms with van der Waals surface area (Å²) in [5.74, 6) is 1.45. The van der Waals surface area contributed by atoms with Gasteiger partial charge in [-0.3, -0.25) is 9.36 Å². The fraction of sp³-hybridized carbons (Fsp3) is 0.591. The summed E-state index contributed by atoms with van der Waals surface area (Å²) in [6.07, 6.45) is 1.83. The van der Waals surface area contributed by atoms with Crippen LogP contribution < -0.4 is 11.3 Å². The van der Waals surface area contributed by atoms with E-state index in [0.29, 0.717) is 40.8 Å². The molecule has 0 radical (unpaired) electrons. The molecular formula is C22H27ClN4O3. The zero-order valence-corrected chi connectivity index (χ0v) is 18.2. The van der Waals surface area contributed by atoms with Crippen LogP contribution >= 0.6 is 11.6 Å². The Morgan fingerprint density at radius 2 is 1.93 bits per heavy atom. The largest absolute Gasteiger partial charge is 0.444 e. The van der Waals surface area contributed by atoms with Crippen LogP contribution in [0.15, 0.2) is 23.0 Å². The molecule has 8 heteroatoms. The van der Waals surface area contributed by atoms with E-state index >= 15 is 0 Å². The van der Waals surface area contributed by atoms with E-state index in [4.69, 9.17) is 27.1 Å². The van der Waals surface area contributed by atoms with Crippen LogP contribution in [0.1, 0.15) is 51.5 Å². The van der Waals surface area contributed by atoms with Crippen LogP contribution in [0.25, 0.3) is 10.9 Å². The first-order chi connectivity index (χ1) is 14.2. The molecule has 30 heavy (non-hydrogen) atoms. The molecule has 1 aromatic heterocycles. The number of carbonyl (C=O) groups excluding carboxylic acids is 1. The number of aromatic nitrogens is 2. The zero-order valence-electron chi connectivity index (χ0n) is 17.5. The lowest BCUT2D eigenvalue weighted by atomic mass is 10.1. The minimum absolute atomic E-state index is 0.00385. The third kappa shape index (κ3) is 3.28. The van der Waals surface area contributed by atoms with Gasteiger partial charge in [-0.2, -0.15) is 0 Å². The van der Waals surface area contributed by atoms with E-state index in [0.717, 1.165) is 12.8 Å². The number of amides is 1. The minimum Gasteiger partial charge on any atom is -0.444 e. The van der Waals surface area contributed by atoms with Gasteiger partial charge in [0, 0.05) is 31.0 Å². The Hall–Kier alpha value is -2.12. The predicted octanol–water partition coefficient (Wildman–Crippen LogP) is 3.50. The van der Waals surface area contributed by atoms with Gasteiger partial charge in [0.1, 0.15) is 11.4 Å². The number of rotatable bonds is 3. The number of hydrogen-bond donors (Lipinski definition) is 1. The Balaban J connectivity index is 1.48. The van der Waals surface area contributed by atoms with Crippen molar-refractivity contribution in [3.63, 3.8) is 0 Å². The highest BCUT2D eigenvalue weighted by Gasteiger charge is 2.59. The molecule has 1 unspecified atom stereocenters. The number of carbonyl (C=O) groups is 1. The molecule has 2 heterocycles. The standard InChI is InChI=1S/C22H27ClN4O3/c1-22(2,3)30-21(29)26-9-12-13(10-26)18(12)27-19(17(24)11-7-8-11)25-15-6-4-5-14(23)16(15)20(27)28/h4-6,11-13,17-18H,7-10,24H2,1-3H3/t12-,13+,17-,18?/m0/s1. The molecule has 2 saturated carbocycles. The first-order valence-corrected chi connectivity index (χ1v) is 11.0. The number of hydrogen-bond acceptors (Lipinski definition) is 5. The molecule has 160 valence electrons. The summed E-state index contributed by atoms with van der Waals surface area (Å²) in [5.41, 5.74) is 6.46. The van der Waals surface area contributed by atoms with Crippen molar-refractivity contribution in [3.05, 3.63) is 39.4 Å². The Kier molecular flexibility index (Phi) is 4.42. The molecule has 3 aliphatic rings. The first-order valence-electron chi connectivity index (χ1n) is 10.6. The third-order valence-electron chi connectivity index (χ3n) is 6.43. The quantitative estimate of drug-likeness (QED) is 0.804. The Morgan fingerprint density at radius 1 is 1.27 bits per heavy atom. The molecular weight excluding hydrogens is 404 g/mol. The SMILES string of the molecule is CC(C)(C)OC(=O)N1C[C@@H]2C(n3c([C@@H](N)C4CC4)nc4cccc(Cl)c4c3=O)[C@@H]2C1. The maximum absolute atomic E-state index is 13.5. The van der Waals surface area contributed by atoms with Gasteiger partial charge in [0.05, 0.1) is 22.0 Å². The summed E-state index contributed by atoms with van der Waals surface area (Å²) in [5, 5.41) is 0.853. The van der Waals surface area contributed by atoms with Gasteiger partial charge in [0.25, 0.3) is 5.56 Å². The summed E-state index contributed by atoms with van der Waals surface area (Å²) in [7, 11) is 0. The van der Waals surface area contributed by atoms with Crippen LogP contribution in [0.3, 0.4) is 0 Å². The van der Waals surface area contributed by atoms with Crippen molar-refractivity contribution in [2.75, 3.05) is 13.1 Å². The van der Waals surface area contributed by atoms with E-state index < -0.39 is 5.60 Å². The summed E-state index contributed by atoms with van der Waals surface area (Å²) < 4.78 is 7.29. The average molecular weight is 431 g/mol. The van der Waals surface area contributed by atoms with Gasteiger partial charge in [-0.1, -0.05) is 17.7 Å². The zero-order chi connectivity index (χ0) is 21.4. The predicted molar refractivity (Wildman–Crippen MR) is 114 cm³/mol. The van der Waals surface area contributed by atoms with Crippen LogP contribution in [-0.4, -0.2) is 39.2 Å². The van der Waals surface area contributed by atoms with Crippen molar-refractivity contribution in [1.82, 2.24) is 14.5 Å². The Labute approximate surface area is 180 Å². The fourth-order valence-corrected chi connectivity index (χ4v) is 5.01. The lowest BCUT2D eigenvalue weighted by molar-refractivity contribution is 0.0266. The second-order valence-electron chi connectivity index (χ2n) is 9.85. The smallest absolute Gasteiger partial charge is 0.410 e. The summed E-state index contributed by atoms with van der Waals surface area (Å²) in [6.45, 7) is 6.74. The van der Waals surface area contributed by atoms with Crippen LogP contribution in [-0.2, 0) is 4.74 Å². The molecule has 2 aromatic rings. The monoisotopic (exact) mass is 430 g/mol. The number of fused-ring (bicyclic) bond motifs is 2. The molecule has 1 aliphatic heterocycles. The lowest BCUT2D eigenvalue weighted by Gasteiger charge is -2.27. The normalized spacial score (nSPS) is 26.6. The molecule has 1 amide bonds. The van der Waals surface area contributed by atoms with Gasteiger partial charge in [-0.05, 0) is 51.7 Å². The van der Waals surface area contributed by atoms with E-state index in [1.54, 1.807) is 21.6 Å². The number of ether oxygens (including phenoxy) is 1. The molecule has 0 spiro atoms. The molecule has 0 bridgehead atoms. The van der Waals surface area contributed by atoms with E-state index in [2.05, 4.69) is 0 Å². The first kappa shape index (κ1) is 19.8. The lowest BCUT2D eigenvalue weighted by Crippen LogP contribution is -2.38. The maximum Gasteiger partial charge on any atom is 0.410 e. The van der Waals surface area contributed by atoms with E-state index in [9.17, 15) is 9.59 Å². The summed E-state index contributed by atoms with van der Waals surface area (Å²) in [6, 6.07) is 5.08. The number of likely N-dealkylation sites (tertiary alicyclic amines) is 1. The summed E-state index contributed by atoms with van der Waals surface area (Å²) in [4.78, 5) is 32.5. The highest BCUT2D eigenvalue weighted by atomic mass is 35.5. The summed E-state index contributed by atoms with van der Waals surface area (Å²) >= 11 is 6.36. The van der Waals surface area contributed by atoms with Crippen LogP contribution in [0, 0.1) is 17.8 Å². The highest BCUT2D eigenvalue weighted by molar-refractivity contribution is 6.35. The molecule has 2 aliphatic carbocycles. The van der Waals surface area contributed by atoms with Crippen LogP contribution in [0.4, 0.5) is 4.79 Å². The number of nitrogens with zero attached hydrogens (tertiary/aromatic N) is 3. The van der Waals surface area contributed by atoms with E-state index in [-0.39, 0.29) is 35.6 Å². The second kappa shape index (κ2) is 6.69. The maximum atomic E-state index is 13.5. The molecule has 7 nitrogen and oxygen atoms in total. The Morgan fingerprint density at radius 3 is 2.53 bits per heavy atom. The molecule has 1 aromatic carbocycles. The van der Waals surface area contributed by atoms with Gasteiger partial charge in [-0.25, -0.2) is 9.78 Å². The average Bonchev–Trinajstić information content (AvgIpc) is 3.57.